The van der Waals surface area contributed by atoms with Crippen LogP contribution >= 0.6 is 0 Å². The molecule has 0 saturated heterocycles. The SMILES string of the molecule is CCc1ccc(-c2cc(F)c(-c3ccc(CC(F)F)cc3)c(F)c2)cc1. The van der Waals surface area contributed by atoms with E-state index in [1.165, 1.54) is 36.4 Å². The first-order valence-electron chi connectivity index (χ1n) is 8.43. The number of halogens is 4. The van der Waals surface area contributed by atoms with Crippen molar-refractivity contribution in [2.45, 2.75) is 26.2 Å². The van der Waals surface area contributed by atoms with Crippen LogP contribution in [0, 0.1) is 11.6 Å². The Morgan fingerprint density at radius 1 is 0.692 bits per heavy atom. The second-order valence-corrected chi connectivity index (χ2v) is 6.16. The first-order chi connectivity index (χ1) is 12.5. The summed E-state index contributed by atoms with van der Waals surface area (Å²) in [5.41, 5.74) is 2.94. The summed E-state index contributed by atoms with van der Waals surface area (Å²) in [6.45, 7) is 2.04. The average molecular weight is 358 g/mol. The van der Waals surface area contributed by atoms with Gasteiger partial charge in [-0.1, -0.05) is 55.5 Å². The van der Waals surface area contributed by atoms with Gasteiger partial charge < -0.3 is 0 Å². The third-order valence-corrected chi connectivity index (χ3v) is 4.37. The molecule has 0 aliphatic carbocycles. The summed E-state index contributed by atoms with van der Waals surface area (Å²) in [5.74, 6) is -1.36. The third-order valence-electron chi connectivity index (χ3n) is 4.37. The quantitative estimate of drug-likeness (QED) is 0.447. The fourth-order valence-electron chi connectivity index (χ4n) is 2.93. The molecule has 0 amide bonds. The van der Waals surface area contributed by atoms with E-state index in [1.807, 2.05) is 31.2 Å². The molecule has 0 aromatic heterocycles. The Kier molecular flexibility index (Phi) is 5.40. The molecule has 3 aromatic rings. The number of hydrogen-bond donors (Lipinski definition) is 0. The zero-order valence-electron chi connectivity index (χ0n) is 14.3. The lowest BCUT2D eigenvalue weighted by Gasteiger charge is -2.10. The summed E-state index contributed by atoms with van der Waals surface area (Å²) in [7, 11) is 0. The molecule has 0 aliphatic rings. The van der Waals surface area contributed by atoms with E-state index in [1.54, 1.807) is 0 Å². The predicted molar refractivity (Wildman–Crippen MR) is 96.3 cm³/mol. The highest BCUT2D eigenvalue weighted by Gasteiger charge is 2.15. The summed E-state index contributed by atoms with van der Waals surface area (Å²) in [6.07, 6.45) is -1.94. The summed E-state index contributed by atoms with van der Waals surface area (Å²) >= 11 is 0. The predicted octanol–water partition coefficient (Wildman–Crippen LogP) is 6.67. The molecule has 0 saturated carbocycles. The van der Waals surface area contributed by atoms with Crippen LogP contribution < -0.4 is 0 Å². The van der Waals surface area contributed by atoms with Crippen molar-refractivity contribution in [3.8, 4) is 22.3 Å². The van der Waals surface area contributed by atoms with E-state index in [2.05, 4.69) is 0 Å². The molecule has 4 heteroatoms. The Morgan fingerprint density at radius 2 is 1.19 bits per heavy atom. The minimum absolute atomic E-state index is 0.150. The summed E-state index contributed by atoms with van der Waals surface area (Å²) in [4.78, 5) is 0. The highest BCUT2D eigenvalue weighted by molar-refractivity contribution is 5.72. The van der Waals surface area contributed by atoms with Crippen molar-refractivity contribution in [1.29, 1.82) is 0 Å². The molecule has 26 heavy (non-hydrogen) atoms. The maximum absolute atomic E-state index is 14.6. The van der Waals surface area contributed by atoms with Gasteiger partial charge in [0.25, 0.3) is 0 Å². The maximum Gasteiger partial charge on any atom is 0.242 e. The number of alkyl halides is 2. The summed E-state index contributed by atoms with van der Waals surface area (Å²) < 4.78 is 54.0. The Balaban J connectivity index is 1.94. The van der Waals surface area contributed by atoms with Crippen molar-refractivity contribution in [3.05, 3.63) is 83.4 Å². The van der Waals surface area contributed by atoms with Crippen LogP contribution in [0.3, 0.4) is 0 Å². The van der Waals surface area contributed by atoms with Crippen molar-refractivity contribution in [1.82, 2.24) is 0 Å². The van der Waals surface area contributed by atoms with Crippen molar-refractivity contribution in [3.63, 3.8) is 0 Å². The van der Waals surface area contributed by atoms with Gasteiger partial charge in [0.15, 0.2) is 0 Å². The lowest BCUT2D eigenvalue weighted by Crippen LogP contribution is -1.97. The molecule has 0 heterocycles. The van der Waals surface area contributed by atoms with Gasteiger partial charge in [-0.25, -0.2) is 17.6 Å². The molecule has 0 atom stereocenters. The maximum atomic E-state index is 14.6. The molecule has 0 spiro atoms. The lowest BCUT2D eigenvalue weighted by molar-refractivity contribution is 0.149. The highest BCUT2D eigenvalue weighted by atomic mass is 19.3. The van der Waals surface area contributed by atoms with E-state index in [9.17, 15) is 17.6 Å². The molecule has 0 fully saturated rings. The van der Waals surface area contributed by atoms with Crippen LogP contribution in [0.15, 0.2) is 60.7 Å². The zero-order chi connectivity index (χ0) is 18.7. The first-order valence-corrected chi connectivity index (χ1v) is 8.43. The van der Waals surface area contributed by atoms with Gasteiger partial charge in [-0.15, -0.1) is 0 Å². The fourth-order valence-corrected chi connectivity index (χ4v) is 2.93. The van der Waals surface area contributed by atoms with E-state index in [4.69, 9.17) is 0 Å². The van der Waals surface area contributed by atoms with Crippen LogP contribution in [0.25, 0.3) is 22.3 Å². The van der Waals surface area contributed by atoms with Crippen LogP contribution in [0.2, 0.25) is 0 Å². The second-order valence-electron chi connectivity index (χ2n) is 6.16. The molecule has 134 valence electrons. The summed E-state index contributed by atoms with van der Waals surface area (Å²) in [5, 5.41) is 0. The second kappa shape index (κ2) is 7.73. The van der Waals surface area contributed by atoms with Crippen LogP contribution in [0.4, 0.5) is 17.6 Å². The monoisotopic (exact) mass is 358 g/mol. The first kappa shape index (κ1) is 18.2. The van der Waals surface area contributed by atoms with Gasteiger partial charge in [0.1, 0.15) is 11.6 Å². The van der Waals surface area contributed by atoms with Crippen molar-refractivity contribution >= 4 is 0 Å². The standard InChI is InChI=1S/C22H18F4/c1-2-14-3-7-16(8-4-14)18-12-19(23)22(20(24)13-18)17-9-5-15(6-10-17)11-21(25)26/h3-10,12-13,21H,2,11H2,1H3. The molecule has 0 N–H and O–H groups in total. The van der Waals surface area contributed by atoms with Gasteiger partial charge in [0, 0.05) is 6.42 Å². The number of aryl methyl sites for hydroxylation is 1. The minimum atomic E-state index is -2.45. The van der Waals surface area contributed by atoms with E-state index in [0.717, 1.165) is 17.5 Å². The smallest absolute Gasteiger partial charge is 0.210 e. The molecule has 0 unspecified atom stereocenters. The lowest BCUT2D eigenvalue weighted by atomic mass is 9.97. The van der Waals surface area contributed by atoms with Gasteiger partial charge >= 0.3 is 0 Å². The number of benzene rings is 3. The van der Waals surface area contributed by atoms with Crippen molar-refractivity contribution in [2.75, 3.05) is 0 Å². The Hall–Kier alpha value is -2.62. The molecule has 3 rings (SSSR count). The van der Waals surface area contributed by atoms with Gasteiger partial charge in [0.05, 0.1) is 5.56 Å². The normalized spacial score (nSPS) is 11.2. The fraction of sp³-hybridized carbons (Fsp3) is 0.182. The number of rotatable bonds is 5. The van der Waals surface area contributed by atoms with Gasteiger partial charge in [-0.2, -0.15) is 0 Å². The molecule has 0 aliphatic heterocycles. The Labute approximate surface area is 150 Å². The van der Waals surface area contributed by atoms with Gasteiger partial charge in [0.2, 0.25) is 6.43 Å². The van der Waals surface area contributed by atoms with Crippen molar-refractivity contribution in [2.24, 2.45) is 0 Å². The van der Waals surface area contributed by atoms with Crippen LogP contribution in [0.1, 0.15) is 18.1 Å². The Bertz CT molecular complexity index is 858. The van der Waals surface area contributed by atoms with Gasteiger partial charge in [-0.3, -0.25) is 0 Å². The third kappa shape index (κ3) is 3.96. The molecule has 3 aromatic carbocycles. The van der Waals surface area contributed by atoms with Crippen LogP contribution in [-0.4, -0.2) is 6.43 Å². The average Bonchev–Trinajstić information content (AvgIpc) is 2.62. The molecular formula is C22H18F4. The van der Waals surface area contributed by atoms with E-state index in [0.29, 0.717) is 16.7 Å². The molecule has 0 radical (unpaired) electrons. The summed E-state index contributed by atoms with van der Waals surface area (Å²) in [6, 6.07) is 16.0. The van der Waals surface area contributed by atoms with E-state index < -0.39 is 18.1 Å². The largest absolute Gasteiger partial charge is 0.242 e. The zero-order valence-corrected chi connectivity index (χ0v) is 14.3. The molecule has 0 nitrogen and oxygen atoms in total. The topological polar surface area (TPSA) is 0 Å². The highest BCUT2D eigenvalue weighted by Crippen LogP contribution is 2.31. The van der Waals surface area contributed by atoms with Crippen molar-refractivity contribution < 1.29 is 17.6 Å². The van der Waals surface area contributed by atoms with Crippen LogP contribution in [0.5, 0.6) is 0 Å². The van der Waals surface area contributed by atoms with Crippen LogP contribution in [-0.2, 0) is 12.8 Å². The van der Waals surface area contributed by atoms with Gasteiger partial charge in [-0.05, 0) is 46.4 Å². The van der Waals surface area contributed by atoms with E-state index >= 15 is 0 Å². The Morgan fingerprint density at radius 3 is 1.69 bits per heavy atom. The molecule has 0 bridgehead atoms. The van der Waals surface area contributed by atoms with E-state index in [-0.39, 0.29) is 12.0 Å². The molecular weight excluding hydrogens is 340 g/mol. The minimum Gasteiger partial charge on any atom is -0.210 e. The number of hydrogen-bond acceptors (Lipinski definition) is 0.